The van der Waals surface area contributed by atoms with E-state index in [9.17, 15) is 10.2 Å². The molecule has 0 aromatic heterocycles. The summed E-state index contributed by atoms with van der Waals surface area (Å²) >= 11 is 0. The number of hydrogen-bond acceptors (Lipinski definition) is 2. The number of fused-ring (bicyclic) bond motifs is 5. The Balaban J connectivity index is 1.58. The van der Waals surface area contributed by atoms with Gasteiger partial charge < -0.3 is 10.2 Å². The molecule has 3 fully saturated rings. The molecule has 0 radical (unpaired) electrons. The topological polar surface area (TPSA) is 40.5 Å². The van der Waals surface area contributed by atoms with Crippen LogP contribution in [0, 0.1) is 52.8 Å². The molecule has 0 aromatic carbocycles. The van der Waals surface area contributed by atoms with E-state index in [1.807, 2.05) is 0 Å². The molecule has 4 rings (SSSR count). The molecule has 0 saturated heterocycles. The van der Waals surface area contributed by atoms with Crippen LogP contribution >= 0.6 is 0 Å². The van der Waals surface area contributed by atoms with Gasteiger partial charge in [-0.2, -0.15) is 0 Å². The Hall–Kier alpha value is -0.780. The largest absolute Gasteiger partial charge is 0.393 e. The second-order valence-corrected chi connectivity index (χ2v) is 10.7. The first-order chi connectivity index (χ1) is 12.8. The van der Waals surface area contributed by atoms with E-state index in [0.717, 1.165) is 37.0 Å². The van der Waals surface area contributed by atoms with E-state index in [-0.39, 0.29) is 12.2 Å². The zero-order chi connectivity index (χ0) is 19.4. The van der Waals surface area contributed by atoms with Gasteiger partial charge in [-0.3, -0.25) is 0 Å². The molecule has 4 aliphatic carbocycles. The number of rotatable bonds is 3. The lowest BCUT2D eigenvalue weighted by Gasteiger charge is -2.58. The van der Waals surface area contributed by atoms with E-state index < -0.39 is 0 Å². The minimum absolute atomic E-state index is 0.121. The first kappa shape index (κ1) is 19.5. The normalized spacial score (nSPS) is 48.4. The van der Waals surface area contributed by atoms with Crippen LogP contribution in [0.15, 0.2) is 11.6 Å². The molecule has 0 aliphatic heterocycles. The second kappa shape index (κ2) is 6.93. The lowest BCUT2D eigenvalue weighted by Crippen LogP contribution is -2.51. The van der Waals surface area contributed by atoms with Gasteiger partial charge in [0.05, 0.1) is 12.2 Å². The lowest BCUT2D eigenvalue weighted by atomic mass is 9.47. The minimum Gasteiger partial charge on any atom is -0.393 e. The third kappa shape index (κ3) is 2.92. The Morgan fingerprint density at radius 3 is 2.70 bits per heavy atom. The summed E-state index contributed by atoms with van der Waals surface area (Å²) in [4.78, 5) is 0. The Morgan fingerprint density at radius 1 is 1.19 bits per heavy atom. The van der Waals surface area contributed by atoms with Crippen molar-refractivity contribution in [2.45, 2.75) is 90.8 Å². The Kier molecular flexibility index (Phi) is 5.01. The monoisotopic (exact) mass is 370 g/mol. The van der Waals surface area contributed by atoms with Gasteiger partial charge in [0, 0.05) is 6.42 Å². The molecule has 2 heteroatoms. The maximum Gasteiger partial charge on any atom is 0.0677 e. The molecule has 2 N–H and O–H groups in total. The van der Waals surface area contributed by atoms with Gasteiger partial charge in [-0.1, -0.05) is 32.4 Å². The van der Waals surface area contributed by atoms with Crippen LogP contribution in [-0.4, -0.2) is 22.4 Å². The van der Waals surface area contributed by atoms with E-state index in [4.69, 9.17) is 6.42 Å². The summed E-state index contributed by atoms with van der Waals surface area (Å²) in [5.41, 5.74) is 2.22. The van der Waals surface area contributed by atoms with Crippen molar-refractivity contribution < 1.29 is 10.2 Å². The summed E-state index contributed by atoms with van der Waals surface area (Å²) in [6.45, 7) is 7.25. The fraction of sp³-hybridized carbons (Fsp3) is 0.840. The standard InChI is InChI=1S/C25H38O2/c1-5-6-23(27)16(2)20-9-10-21-19-8-7-17-15-18(26)11-13-24(17,3)22(19)12-14-25(20,21)4/h1,7,16,18-23,26-27H,6,8-15H2,2-4H3/t16?,18-,19-,20?,21-,22-,23-,24-,25+/m0/s1. The number of allylic oxidation sites excluding steroid dienone is 1. The van der Waals surface area contributed by atoms with E-state index >= 15 is 0 Å². The molecule has 2 nitrogen and oxygen atoms in total. The number of terminal acetylenes is 1. The van der Waals surface area contributed by atoms with Crippen molar-refractivity contribution in [1.29, 1.82) is 0 Å². The Labute approximate surface area is 165 Å². The van der Waals surface area contributed by atoms with Crippen molar-refractivity contribution >= 4 is 0 Å². The van der Waals surface area contributed by atoms with Crippen LogP contribution in [0.3, 0.4) is 0 Å². The van der Waals surface area contributed by atoms with Gasteiger partial charge >= 0.3 is 0 Å². The Bertz CT molecular complexity index is 645. The highest BCUT2D eigenvalue weighted by atomic mass is 16.3. The molecule has 3 saturated carbocycles. The summed E-state index contributed by atoms with van der Waals surface area (Å²) < 4.78 is 0. The van der Waals surface area contributed by atoms with E-state index in [1.165, 1.54) is 32.1 Å². The van der Waals surface area contributed by atoms with Crippen LogP contribution in [0.4, 0.5) is 0 Å². The smallest absolute Gasteiger partial charge is 0.0677 e. The van der Waals surface area contributed by atoms with Gasteiger partial charge in [0.15, 0.2) is 0 Å². The average Bonchev–Trinajstić information content (AvgIpc) is 2.99. The van der Waals surface area contributed by atoms with E-state index in [2.05, 4.69) is 32.8 Å². The lowest BCUT2D eigenvalue weighted by molar-refractivity contribution is -0.0667. The van der Waals surface area contributed by atoms with E-state index in [0.29, 0.717) is 29.1 Å². The van der Waals surface area contributed by atoms with E-state index in [1.54, 1.807) is 5.57 Å². The van der Waals surface area contributed by atoms with Crippen molar-refractivity contribution in [2.24, 2.45) is 40.4 Å². The van der Waals surface area contributed by atoms with Crippen LogP contribution in [-0.2, 0) is 0 Å². The molecule has 27 heavy (non-hydrogen) atoms. The molecule has 0 aromatic rings. The van der Waals surface area contributed by atoms with Gasteiger partial charge in [0.1, 0.15) is 0 Å². The fourth-order valence-corrected chi connectivity index (χ4v) is 8.12. The van der Waals surface area contributed by atoms with Crippen LogP contribution in [0.2, 0.25) is 0 Å². The molecule has 9 atom stereocenters. The van der Waals surface area contributed by atoms with Gasteiger partial charge in [0.25, 0.3) is 0 Å². The second-order valence-electron chi connectivity index (χ2n) is 10.7. The van der Waals surface area contributed by atoms with Gasteiger partial charge in [-0.05, 0) is 91.8 Å². The molecule has 0 spiro atoms. The van der Waals surface area contributed by atoms with Crippen molar-refractivity contribution in [3.05, 3.63) is 11.6 Å². The number of hydrogen-bond donors (Lipinski definition) is 2. The highest BCUT2D eigenvalue weighted by Gasteiger charge is 2.59. The quantitative estimate of drug-likeness (QED) is 0.545. The SMILES string of the molecule is C#CC[C@H](O)C(C)C1CC[C@H]2[C@@H]3CC=C4C[C@@H](O)CC[C@]4(C)[C@H]3CC[C@]12C. The van der Waals surface area contributed by atoms with Crippen LogP contribution in [0.5, 0.6) is 0 Å². The highest BCUT2D eigenvalue weighted by Crippen LogP contribution is 2.67. The summed E-state index contributed by atoms with van der Waals surface area (Å²) in [5.74, 6) is 5.91. The minimum atomic E-state index is -0.358. The third-order valence-electron chi connectivity index (χ3n) is 9.72. The van der Waals surface area contributed by atoms with Crippen molar-refractivity contribution in [2.75, 3.05) is 0 Å². The molecule has 0 heterocycles. The summed E-state index contributed by atoms with van der Waals surface area (Å²) in [5, 5.41) is 20.7. The predicted octanol–water partition coefficient (Wildman–Crippen LogP) is 4.95. The zero-order valence-corrected chi connectivity index (χ0v) is 17.5. The average molecular weight is 371 g/mol. The molecular weight excluding hydrogens is 332 g/mol. The summed E-state index contributed by atoms with van der Waals surface area (Å²) in [6.07, 6.45) is 17.4. The molecule has 150 valence electrons. The molecule has 0 amide bonds. The third-order valence-corrected chi connectivity index (χ3v) is 9.72. The first-order valence-corrected chi connectivity index (χ1v) is 11.3. The predicted molar refractivity (Wildman–Crippen MR) is 110 cm³/mol. The van der Waals surface area contributed by atoms with Gasteiger partial charge in [-0.25, -0.2) is 0 Å². The van der Waals surface area contributed by atoms with Crippen molar-refractivity contribution in [3.63, 3.8) is 0 Å². The zero-order valence-electron chi connectivity index (χ0n) is 17.5. The van der Waals surface area contributed by atoms with Crippen LogP contribution in [0.1, 0.15) is 78.6 Å². The van der Waals surface area contributed by atoms with Crippen molar-refractivity contribution in [3.8, 4) is 12.3 Å². The highest BCUT2D eigenvalue weighted by molar-refractivity contribution is 5.25. The fourth-order valence-electron chi connectivity index (χ4n) is 8.12. The van der Waals surface area contributed by atoms with Gasteiger partial charge in [0.2, 0.25) is 0 Å². The summed E-state index contributed by atoms with van der Waals surface area (Å²) in [7, 11) is 0. The summed E-state index contributed by atoms with van der Waals surface area (Å²) in [6, 6.07) is 0. The van der Waals surface area contributed by atoms with Gasteiger partial charge in [-0.15, -0.1) is 12.3 Å². The first-order valence-electron chi connectivity index (χ1n) is 11.3. The molecule has 2 unspecified atom stereocenters. The van der Waals surface area contributed by atoms with Crippen LogP contribution < -0.4 is 0 Å². The molecule has 0 bridgehead atoms. The maximum absolute atomic E-state index is 10.6. The van der Waals surface area contributed by atoms with Crippen LogP contribution in [0.25, 0.3) is 0 Å². The maximum atomic E-state index is 10.6. The van der Waals surface area contributed by atoms with Crippen molar-refractivity contribution in [1.82, 2.24) is 0 Å². The number of aliphatic hydroxyl groups is 2. The molecular formula is C25H38O2. The Morgan fingerprint density at radius 2 is 1.96 bits per heavy atom. The molecule has 4 aliphatic rings. The number of aliphatic hydroxyl groups excluding tert-OH is 2.